The molecule has 1 aliphatic rings. The number of hydrogen-bond donors (Lipinski definition) is 4. The second-order valence-electron chi connectivity index (χ2n) is 2.57. The van der Waals surface area contributed by atoms with Crippen LogP contribution < -0.4 is 5.06 Å². The lowest BCUT2D eigenvalue weighted by molar-refractivity contribution is -0.863. The van der Waals surface area contributed by atoms with Crippen molar-refractivity contribution in [2.24, 2.45) is 0 Å². The Labute approximate surface area is 58.1 Å². The topological polar surface area (TPSA) is 88.2 Å². The second kappa shape index (κ2) is 2.81. The highest BCUT2D eigenvalue weighted by molar-refractivity contribution is 4.77. The van der Waals surface area contributed by atoms with E-state index in [4.69, 9.17) is 15.3 Å². The van der Waals surface area contributed by atoms with Gasteiger partial charge in [-0.2, -0.15) is 0 Å². The van der Waals surface area contributed by atoms with Gasteiger partial charge < -0.3 is 25.6 Å². The van der Waals surface area contributed by atoms with Gasteiger partial charge in [0.2, 0.25) is 0 Å². The summed E-state index contributed by atoms with van der Waals surface area (Å²) in [6, 6.07) is 0. The van der Waals surface area contributed by atoms with E-state index >= 15 is 0 Å². The highest BCUT2D eigenvalue weighted by atomic mass is 16.5. The van der Waals surface area contributed by atoms with Crippen LogP contribution in [-0.2, 0) is 0 Å². The SMILES string of the molecule is [O-][NH+]1CC(O)C(O)C(O)C1. The molecule has 0 aliphatic carbocycles. The van der Waals surface area contributed by atoms with Crippen LogP contribution in [0.1, 0.15) is 0 Å². The lowest BCUT2D eigenvalue weighted by atomic mass is 10.0. The van der Waals surface area contributed by atoms with Gasteiger partial charge in [0.1, 0.15) is 31.4 Å². The van der Waals surface area contributed by atoms with Crippen LogP contribution in [0.4, 0.5) is 0 Å². The molecule has 1 rings (SSSR count). The number of hydrogen-bond acceptors (Lipinski definition) is 4. The van der Waals surface area contributed by atoms with E-state index in [9.17, 15) is 5.21 Å². The van der Waals surface area contributed by atoms with Crippen LogP contribution in [0.3, 0.4) is 0 Å². The van der Waals surface area contributed by atoms with E-state index < -0.39 is 18.3 Å². The minimum atomic E-state index is -1.15. The molecule has 0 bridgehead atoms. The van der Waals surface area contributed by atoms with Gasteiger partial charge >= 0.3 is 0 Å². The minimum absolute atomic E-state index is 0.0434. The molecule has 5 heteroatoms. The Morgan fingerprint density at radius 1 is 1.10 bits per heavy atom. The molecule has 1 fully saturated rings. The molecule has 60 valence electrons. The Morgan fingerprint density at radius 3 is 1.90 bits per heavy atom. The van der Waals surface area contributed by atoms with Crippen molar-refractivity contribution >= 4 is 0 Å². The largest absolute Gasteiger partial charge is 0.634 e. The third-order valence-corrected chi connectivity index (χ3v) is 1.66. The fourth-order valence-corrected chi connectivity index (χ4v) is 1.05. The van der Waals surface area contributed by atoms with Crippen LogP contribution in [0.25, 0.3) is 0 Å². The van der Waals surface area contributed by atoms with E-state index in [0.717, 1.165) is 0 Å². The summed E-state index contributed by atoms with van der Waals surface area (Å²) in [7, 11) is 0. The van der Waals surface area contributed by atoms with Gasteiger partial charge in [0.05, 0.1) is 0 Å². The van der Waals surface area contributed by atoms with E-state index in [2.05, 4.69) is 0 Å². The van der Waals surface area contributed by atoms with Gasteiger partial charge in [-0.25, -0.2) is 0 Å². The summed E-state index contributed by atoms with van der Waals surface area (Å²) in [6.07, 6.45) is -3.33. The number of nitrogens with one attached hydrogen (secondary N) is 1. The van der Waals surface area contributed by atoms with E-state index in [-0.39, 0.29) is 18.2 Å². The molecule has 0 aromatic carbocycles. The monoisotopic (exact) mass is 149 g/mol. The molecule has 0 spiro atoms. The molecule has 1 heterocycles. The molecule has 5 nitrogen and oxygen atoms in total. The molecule has 2 unspecified atom stereocenters. The van der Waals surface area contributed by atoms with Crippen molar-refractivity contribution in [3.8, 4) is 0 Å². The predicted octanol–water partition coefficient (Wildman–Crippen LogP) is -3.53. The Balaban J connectivity index is 2.49. The average Bonchev–Trinajstić information content (AvgIpc) is 1.82. The maximum Gasteiger partial charge on any atom is 0.132 e. The van der Waals surface area contributed by atoms with E-state index in [0.29, 0.717) is 0 Å². The average molecular weight is 149 g/mol. The van der Waals surface area contributed by atoms with Gasteiger partial charge in [0, 0.05) is 0 Å². The molecule has 4 N–H and O–H groups in total. The lowest BCUT2D eigenvalue weighted by Crippen LogP contribution is -3.12. The maximum atomic E-state index is 10.6. The molecule has 2 atom stereocenters. The number of hydroxylamine groups is 2. The predicted molar refractivity (Wildman–Crippen MR) is 32.1 cm³/mol. The number of quaternary nitrogens is 1. The second-order valence-corrected chi connectivity index (χ2v) is 2.57. The summed E-state index contributed by atoms with van der Waals surface area (Å²) in [5, 5.41) is 37.1. The Morgan fingerprint density at radius 2 is 1.50 bits per heavy atom. The van der Waals surface area contributed by atoms with Crippen LogP contribution in [0.15, 0.2) is 0 Å². The van der Waals surface area contributed by atoms with E-state index in [1.54, 1.807) is 0 Å². The minimum Gasteiger partial charge on any atom is -0.634 e. The van der Waals surface area contributed by atoms with Crippen LogP contribution in [0, 0.1) is 5.21 Å². The van der Waals surface area contributed by atoms with Crippen molar-refractivity contribution < 1.29 is 20.4 Å². The number of aliphatic hydroxyl groups excluding tert-OH is 3. The van der Waals surface area contributed by atoms with Crippen molar-refractivity contribution in [1.82, 2.24) is 0 Å². The summed E-state index contributed by atoms with van der Waals surface area (Å²) in [4.78, 5) is 0. The van der Waals surface area contributed by atoms with Crippen LogP contribution in [0.2, 0.25) is 0 Å². The smallest absolute Gasteiger partial charge is 0.132 e. The van der Waals surface area contributed by atoms with Gasteiger partial charge in [-0.3, -0.25) is 0 Å². The van der Waals surface area contributed by atoms with Gasteiger partial charge in [-0.05, 0) is 0 Å². The summed E-state index contributed by atoms with van der Waals surface area (Å²) in [6.45, 7) is -0.0869. The first-order valence-corrected chi connectivity index (χ1v) is 3.17. The van der Waals surface area contributed by atoms with E-state index in [1.165, 1.54) is 0 Å². The zero-order valence-electron chi connectivity index (χ0n) is 5.40. The third-order valence-electron chi connectivity index (χ3n) is 1.66. The van der Waals surface area contributed by atoms with Crippen LogP contribution in [-0.4, -0.2) is 46.7 Å². The summed E-state index contributed by atoms with van der Waals surface area (Å²) < 4.78 is 0. The first-order chi connectivity index (χ1) is 4.61. The number of rotatable bonds is 0. The molecule has 0 saturated carbocycles. The Kier molecular flexibility index (Phi) is 2.22. The third kappa shape index (κ3) is 1.44. The Hall–Kier alpha value is -0.200. The standard InChI is InChI=1S/C5H11NO4/c7-3-1-6(10)2-4(8)5(3)9/h3-9H,1-2H2. The zero-order valence-corrected chi connectivity index (χ0v) is 5.40. The van der Waals surface area contributed by atoms with Gasteiger partial charge in [0.15, 0.2) is 0 Å². The first kappa shape index (κ1) is 7.90. The maximum absolute atomic E-state index is 10.6. The zero-order chi connectivity index (χ0) is 7.72. The van der Waals surface area contributed by atoms with Gasteiger partial charge in [-0.15, -0.1) is 0 Å². The van der Waals surface area contributed by atoms with Crippen LogP contribution in [0.5, 0.6) is 0 Å². The number of aliphatic hydroxyl groups is 3. The molecule has 0 radical (unpaired) electrons. The van der Waals surface area contributed by atoms with Gasteiger partial charge in [0.25, 0.3) is 0 Å². The highest BCUT2D eigenvalue weighted by Gasteiger charge is 2.33. The molecule has 0 aromatic heterocycles. The molecule has 1 aliphatic heterocycles. The molecule has 1 saturated heterocycles. The number of piperidine rings is 1. The molecular weight excluding hydrogens is 138 g/mol. The van der Waals surface area contributed by atoms with Crippen molar-refractivity contribution in [3.63, 3.8) is 0 Å². The Bertz CT molecular complexity index is 108. The summed E-state index contributed by atoms with van der Waals surface area (Å²) in [5.74, 6) is 0. The summed E-state index contributed by atoms with van der Waals surface area (Å²) >= 11 is 0. The van der Waals surface area contributed by atoms with Crippen molar-refractivity contribution in [2.75, 3.05) is 13.1 Å². The normalized spacial score (nSPS) is 49.2. The molecule has 0 aromatic rings. The lowest BCUT2D eigenvalue weighted by Gasteiger charge is -2.35. The van der Waals surface area contributed by atoms with Crippen molar-refractivity contribution in [2.45, 2.75) is 18.3 Å². The highest BCUT2D eigenvalue weighted by Crippen LogP contribution is 2.00. The first-order valence-electron chi connectivity index (χ1n) is 3.17. The fourth-order valence-electron chi connectivity index (χ4n) is 1.05. The van der Waals surface area contributed by atoms with Crippen molar-refractivity contribution in [3.05, 3.63) is 5.21 Å². The van der Waals surface area contributed by atoms with Crippen LogP contribution >= 0.6 is 0 Å². The van der Waals surface area contributed by atoms with E-state index in [1.807, 2.05) is 0 Å². The quantitative estimate of drug-likeness (QED) is 0.269. The summed E-state index contributed by atoms with van der Waals surface area (Å²) in [5.41, 5.74) is 0. The van der Waals surface area contributed by atoms with Gasteiger partial charge in [-0.1, -0.05) is 0 Å². The van der Waals surface area contributed by atoms with Crippen molar-refractivity contribution in [1.29, 1.82) is 0 Å². The fraction of sp³-hybridized carbons (Fsp3) is 1.00. The molecular formula is C5H11NO4. The molecule has 0 amide bonds. The molecule has 10 heavy (non-hydrogen) atoms.